The Morgan fingerprint density at radius 2 is 0.522 bits per heavy atom. The van der Waals surface area contributed by atoms with Crippen molar-refractivity contribution in [2.24, 2.45) is 23.7 Å². The van der Waals surface area contributed by atoms with Gasteiger partial charge >= 0.3 is 39.5 Å². The Balaban J connectivity index is 5.13. The van der Waals surface area contributed by atoms with E-state index in [9.17, 15) is 43.2 Å². The fourth-order valence-corrected chi connectivity index (χ4v) is 12.6. The summed E-state index contributed by atoms with van der Waals surface area (Å²) in [6, 6.07) is 0. The van der Waals surface area contributed by atoms with Gasteiger partial charge in [-0.15, -0.1) is 0 Å². The van der Waals surface area contributed by atoms with Gasteiger partial charge in [0.25, 0.3) is 0 Å². The quantitative estimate of drug-likeness (QED) is 0.0222. The minimum absolute atomic E-state index is 0.103. The molecule has 3 unspecified atom stereocenters. The first-order valence-corrected chi connectivity index (χ1v) is 40.7. The number of esters is 4. The topological polar surface area (TPSA) is 237 Å². The fraction of sp³-hybridized carbons (Fsp3) is 0.945. The van der Waals surface area contributed by atoms with E-state index in [1.165, 1.54) is 161 Å². The predicted octanol–water partition coefficient (Wildman–Crippen LogP) is 20.9. The first-order chi connectivity index (χ1) is 44.1. The highest BCUT2D eigenvalue weighted by Gasteiger charge is 2.30. The minimum Gasteiger partial charge on any atom is -0.462 e. The molecule has 17 nitrogen and oxygen atoms in total. The van der Waals surface area contributed by atoms with Gasteiger partial charge in [0, 0.05) is 25.7 Å². The normalized spacial score (nSPS) is 14.5. The maximum atomic E-state index is 13.0. The molecular weight excluding hydrogens is 1210 g/mol. The van der Waals surface area contributed by atoms with E-state index >= 15 is 0 Å². The summed E-state index contributed by atoms with van der Waals surface area (Å²) < 4.78 is 68.3. The van der Waals surface area contributed by atoms with Crippen molar-refractivity contribution in [1.82, 2.24) is 0 Å². The largest absolute Gasteiger partial charge is 0.472 e. The number of carbonyl (C=O) groups excluding carboxylic acids is 4. The zero-order valence-electron chi connectivity index (χ0n) is 60.2. The maximum Gasteiger partial charge on any atom is 0.472 e. The van der Waals surface area contributed by atoms with Gasteiger partial charge < -0.3 is 33.8 Å². The summed E-state index contributed by atoms with van der Waals surface area (Å²) in [5.74, 6) is 0.827. The van der Waals surface area contributed by atoms with Crippen molar-refractivity contribution in [1.29, 1.82) is 0 Å². The molecule has 6 atom stereocenters. The summed E-state index contributed by atoms with van der Waals surface area (Å²) in [5, 5.41) is 10.6. The smallest absolute Gasteiger partial charge is 0.462 e. The van der Waals surface area contributed by atoms with Gasteiger partial charge in [-0.1, -0.05) is 312 Å². The Morgan fingerprint density at radius 3 is 0.772 bits per heavy atom. The molecule has 92 heavy (non-hydrogen) atoms. The Hall–Kier alpha value is -1.94. The van der Waals surface area contributed by atoms with Gasteiger partial charge in [0.05, 0.1) is 26.4 Å². The highest BCUT2D eigenvalue weighted by molar-refractivity contribution is 7.47. The number of aliphatic hydroxyl groups excluding tert-OH is 1. The summed E-state index contributed by atoms with van der Waals surface area (Å²) in [6.07, 6.45) is 46.2. The van der Waals surface area contributed by atoms with E-state index < -0.39 is 97.5 Å². The number of hydrogen-bond acceptors (Lipinski definition) is 15. The van der Waals surface area contributed by atoms with Crippen molar-refractivity contribution in [2.75, 3.05) is 39.6 Å². The van der Waals surface area contributed by atoms with Crippen LogP contribution in [0.1, 0.15) is 364 Å². The molecule has 19 heteroatoms. The Labute approximate surface area is 562 Å². The summed E-state index contributed by atoms with van der Waals surface area (Å²) in [6.45, 7) is 14.0. The van der Waals surface area contributed by atoms with Gasteiger partial charge in [0.1, 0.15) is 19.3 Å². The van der Waals surface area contributed by atoms with Crippen LogP contribution in [0.4, 0.5) is 0 Å². The molecule has 0 aliphatic rings. The van der Waals surface area contributed by atoms with E-state index in [4.69, 9.17) is 37.0 Å². The second-order valence-electron chi connectivity index (χ2n) is 28.0. The molecular formula is C73H142O17P2. The molecule has 0 fully saturated rings. The molecule has 0 aromatic rings. The molecule has 0 aliphatic carbocycles. The number of ether oxygens (including phenoxy) is 4. The molecule has 0 saturated heterocycles. The molecule has 3 N–H and O–H groups in total. The maximum absolute atomic E-state index is 13.0. The lowest BCUT2D eigenvalue weighted by Crippen LogP contribution is -2.30. The number of aliphatic hydroxyl groups is 1. The van der Waals surface area contributed by atoms with E-state index in [-0.39, 0.29) is 25.7 Å². The Morgan fingerprint density at radius 1 is 0.304 bits per heavy atom. The van der Waals surface area contributed by atoms with E-state index in [0.29, 0.717) is 31.6 Å². The first kappa shape index (κ1) is 90.1. The monoisotopic (exact) mass is 1350 g/mol. The summed E-state index contributed by atoms with van der Waals surface area (Å²) in [4.78, 5) is 72.5. The molecule has 0 bridgehead atoms. The van der Waals surface area contributed by atoms with Crippen LogP contribution in [-0.2, 0) is 65.4 Å². The molecule has 0 rings (SSSR count). The van der Waals surface area contributed by atoms with Crippen LogP contribution in [-0.4, -0.2) is 96.7 Å². The standard InChI is InChI=1S/C73H142O17P2/c1-9-66(8)52-44-36-30-32-40-48-56-73(78)90-69(59-83-70(75)53-45-37-27-23-19-17-15-13-11-10-12-14-16-18-21-25-33-41-49-63(2)3)62-88-92(81,82)86-58-67(74)57-85-91(79,80)87-61-68(60-84-71(76)54-46-38-31-29-35-43-51-65(6)7)89-72(77)55-47-39-28-24-20-22-26-34-42-50-64(4)5/h63-69,74H,9-62H2,1-8H3,(H,79,80)(H,81,82)/t66?,67-,68+,69+/m0/s1. The lowest BCUT2D eigenvalue weighted by Gasteiger charge is -2.21. The fourth-order valence-electron chi connectivity index (χ4n) is 11.0. The van der Waals surface area contributed by atoms with Crippen LogP contribution >= 0.6 is 15.6 Å². The molecule has 0 radical (unpaired) electrons. The van der Waals surface area contributed by atoms with Gasteiger partial charge in [0.2, 0.25) is 0 Å². The van der Waals surface area contributed by atoms with Crippen LogP contribution in [0.2, 0.25) is 0 Å². The molecule has 0 aromatic heterocycles. The predicted molar refractivity (Wildman–Crippen MR) is 372 cm³/mol. The van der Waals surface area contributed by atoms with Gasteiger partial charge in [-0.05, 0) is 49.4 Å². The highest BCUT2D eigenvalue weighted by Crippen LogP contribution is 2.45. The van der Waals surface area contributed by atoms with Crippen LogP contribution in [0.15, 0.2) is 0 Å². The van der Waals surface area contributed by atoms with Crippen LogP contribution in [0.5, 0.6) is 0 Å². The van der Waals surface area contributed by atoms with Crippen LogP contribution in [0, 0.1) is 23.7 Å². The van der Waals surface area contributed by atoms with Gasteiger partial charge in [-0.25, -0.2) is 9.13 Å². The van der Waals surface area contributed by atoms with E-state index in [1.807, 2.05) is 0 Å². The van der Waals surface area contributed by atoms with Crippen molar-refractivity contribution < 1.29 is 80.2 Å². The zero-order chi connectivity index (χ0) is 68.2. The van der Waals surface area contributed by atoms with Crippen molar-refractivity contribution in [3.63, 3.8) is 0 Å². The van der Waals surface area contributed by atoms with E-state index in [2.05, 4.69) is 55.4 Å². The second kappa shape index (κ2) is 62.6. The van der Waals surface area contributed by atoms with Gasteiger partial charge in [0.15, 0.2) is 12.2 Å². The van der Waals surface area contributed by atoms with Crippen molar-refractivity contribution in [3.8, 4) is 0 Å². The number of carbonyl (C=O) groups is 4. The molecule has 0 heterocycles. The molecule has 546 valence electrons. The second-order valence-corrected chi connectivity index (χ2v) is 30.9. The number of phosphoric acid groups is 2. The summed E-state index contributed by atoms with van der Waals surface area (Å²) in [5.41, 5.74) is 0. The minimum atomic E-state index is -4.95. The third-order valence-corrected chi connectivity index (χ3v) is 19.1. The average molecular weight is 1350 g/mol. The van der Waals surface area contributed by atoms with E-state index in [1.54, 1.807) is 0 Å². The van der Waals surface area contributed by atoms with Crippen LogP contribution in [0.25, 0.3) is 0 Å². The van der Waals surface area contributed by atoms with Gasteiger partial charge in [-0.3, -0.25) is 37.3 Å². The van der Waals surface area contributed by atoms with Crippen molar-refractivity contribution in [2.45, 2.75) is 382 Å². The third kappa shape index (κ3) is 65.4. The zero-order valence-corrected chi connectivity index (χ0v) is 62.0. The SMILES string of the molecule is CCC(C)CCCCCCCCC(=O)O[C@H](COC(=O)CCCCCCCCCCCCCCCCCCCCC(C)C)COP(=O)(O)OC[C@@H](O)COP(=O)(O)OC[C@@H](COC(=O)CCCCCCCCC(C)C)OC(=O)CCCCCCCCCCCC(C)C. The lowest BCUT2D eigenvalue weighted by atomic mass is 10.00. The Kier molecular flexibility index (Phi) is 61.3. The average Bonchev–Trinajstić information content (AvgIpc) is 2.31. The van der Waals surface area contributed by atoms with Crippen molar-refractivity contribution in [3.05, 3.63) is 0 Å². The number of unbranched alkanes of at least 4 members (excludes halogenated alkanes) is 35. The van der Waals surface area contributed by atoms with E-state index in [0.717, 1.165) is 114 Å². The molecule has 0 aromatic carbocycles. The first-order valence-electron chi connectivity index (χ1n) is 37.7. The van der Waals surface area contributed by atoms with Crippen LogP contribution in [0.3, 0.4) is 0 Å². The summed E-state index contributed by atoms with van der Waals surface area (Å²) in [7, 11) is -9.90. The van der Waals surface area contributed by atoms with Gasteiger partial charge in [-0.2, -0.15) is 0 Å². The number of rotatable bonds is 70. The molecule has 0 aliphatic heterocycles. The highest BCUT2D eigenvalue weighted by atomic mass is 31.2. The number of hydrogen-bond donors (Lipinski definition) is 3. The molecule has 0 amide bonds. The summed E-state index contributed by atoms with van der Waals surface area (Å²) >= 11 is 0. The number of phosphoric ester groups is 2. The molecule has 0 spiro atoms. The molecule has 0 saturated carbocycles. The lowest BCUT2D eigenvalue weighted by molar-refractivity contribution is -0.161. The van der Waals surface area contributed by atoms with Crippen LogP contribution < -0.4 is 0 Å². The third-order valence-electron chi connectivity index (χ3n) is 17.2. The van der Waals surface area contributed by atoms with Crippen molar-refractivity contribution >= 4 is 39.5 Å². The Bertz CT molecular complexity index is 1820.